The zero-order valence-corrected chi connectivity index (χ0v) is 11.7. The van der Waals surface area contributed by atoms with Crippen LogP contribution in [-0.2, 0) is 6.54 Å². The largest absolute Gasteiger partial charge is 0.508 e. The van der Waals surface area contributed by atoms with Gasteiger partial charge in [0.2, 0.25) is 0 Å². The van der Waals surface area contributed by atoms with Gasteiger partial charge in [0.05, 0.1) is 0 Å². The maximum absolute atomic E-state index is 10.0. The van der Waals surface area contributed by atoms with Gasteiger partial charge < -0.3 is 15.3 Å². The molecule has 1 aliphatic heterocycles. The predicted octanol–water partition coefficient (Wildman–Crippen LogP) is 2.58. The molecule has 2 rings (SSSR count). The molecule has 1 unspecified atom stereocenters. The van der Waals surface area contributed by atoms with Crippen molar-refractivity contribution in [3.05, 3.63) is 28.8 Å². The van der Waals surface area contributed by atoms with Gasteiger partial charge in [0.25, 0.3) is 0 Å². The third kappa shape index (κ3) is 2.85. The molecule has 1 fully saturated rings. The van der Waals surface area contributed by atoms with Crippen molar-refractivity contribution in [1.29, 1.82) is 0 Å². The molecule has 1 aliphatic rings. The van der Waals surface area contributed by atoms with E-state index < -0.39 is 0 Å². The topological polar surface area (TPSA) is 35.5 Å². The molecule has 0 aliphatic carbocycles. The van der Waals surface area contributed by atoms with Crippen LogP contribution in [0.3, 0.4) is 0 Å². The summed E-state index contributed by atoms with van der Waals surface area (Å²) in [5, 5.41) is 13.6. The molecule has 1 heterocycles. The van der Waals surface area contributed by atoms with Crippen molar-refractivity contribution >= 4 is 0 Å². The molecule has 3 nitrogen and oxygen atoms in total. The quantitative estimate of drug-likeness (QED) is 0.863. The zero-order valence-electron chi connectivity index (χ0n) is 11.7. The van der Waals surface area contributed by atoms with Crippen molar-refractivity contribution in [3.8, 4) is 5.75 Å². The van der Waals surface area contributed by atoms with E-state index in [1.54, 1.807) is 0 Å². The number of piperidine rings is 1. The fraction of sp³-hybridized carbons (Fsp3) is 0.600. The van der Waals surface area contributed by atoms with Crippen molar-refractivity contribution in [1.82, 2.24) is 10.2 Å². The average molecular weight is 248 g/mol. The molecule has 0 aromatic heterocycles. The van der Waals surface area contributed by atoms with Crippen LogP contribution in [0.25, 0.3) is 0 Å². The Morgan fingerprint density at radius 1 is 1.33 bits per heavy atom. The number of hydrogen-bond donors (Lipinski definition) is 2. The first-order valence-electron chi connectivity index (χ1n) is 6.79. The Hall–Kier alpha value is -1.06. The standard InChI is InChI=1S/C15H24N2O/c1-11-12(14-6-4-5-9-16-14)7-8-15(18)13(11)10-17(2)3/h7-8,14,16,18H,4-6,9-10H2,1-3H3. The van der Waals surface area contributed by atoms with Crippen LogP contribution in [0.4, 0.5) is 0 Å². The van der Waals surface area contributed by atoms with Gasteiger partial charge in [-0.3, -0.25) is 0 Å². The van der Waals surface area contributed by atoms with E-state index in [1.807, 2.05) is 20.2 Å². The Bertz CT molecular complexity index is 409. The van der Waals surface area contributed by atoms with Crippen LogP contribution in [0.2, 0.25) is 0 Å². The Kier molecular flexibility index (Phi) is 4.25. The Balaban J connectivity index is 2.30. The van der Waals surface area contributed by atoms with Gasteiger partial charge >= 0.3 is 0 Å². The van der Waals surface area contributed by atoms with E-state index in [9.17, 15) is 5.11 Å². The summed E-state index contributed by atoms with van der Waals surface area (Å²) < 4.78 is 0. The SMILES string of the molecule is Cc1c(C2CCCCN2)ccc(O)c1CN(C)C. The minimum Gasteiger partial charge on any atom is -0.508 e. The minimum atomic E-state index is 0.417. The lowest BCUT2D eigenvalue weighted by Crippen LogP contribution is -2.27. The average Bonchev–Trinajstić information content (AvgIpc) is 2.35. The fourth-order valence-corrected chi connectivity index (χ4v) is 2.77. The molecule has 1 atom stereocenters. The van der Waals surface area contributed by atoms with Gasteiger partial charge in [-0.05, 0) is 57.6 Å². The second kappa shape index (κ2) is 5.72. The van der Waals surface area contributed by atoms with Crippen molar-refractivity contribution in [2.45, 2.75) is 38.8 Å². The first-order chi connectivity index (χ1) is 8.59. The third-order valence-electron chi connectivity index (χ3n) is 3.78. The van der Waals surface area contributed by atoms with Crippen LogP contribution < -0.4 is 5.32 Å². The van der Waals surface area contributed by atoms with Crippen molar-refractivity contribution in [2.24, 2.45) is 0 Å². The summed E-state index contributed by atoms with van der Waals surface area (Å²) in [5.74, 6) is 0.417. The summed E-state index contributed by atoms with van der Waals surface area (Å²) in [6.07, 6.45) is 3.77. The maximum Gasteiger partial charge on any atom is 0.120 e. The van der Waals surface area contributed by atoms with Crippen LogP contribution in [-0.4, -0.2) is 30.6 Å². The number of phenolic OH excluding ortho intramolecular Hbond substituents is 1. The summed E-state index contributed by atoms with van der Waals surface area (Å²) >= 11 is 0. The Morgan fingerprint density at radius 3 is 2.72 bits per heavy atom. The van der Waals surface area contributed by atoms with E-state index in [2.05, 4.69) is 23.2 Å². The lowest BCUT2D eigenvalue weighted by Gasteiger charge is -2.27. The van der Waals surface area contributed by atoms with Crippen LogP contribution in [0, 0.1) is 6.92 Å². The van der Waals surface area contributed by atoms with Crippen molar-refractivity contribution < 1.29 is 5.11 Å². The molecule has 0 spiro atoms. The zero-order chi connectivity index (χ0) is 13.1. The monoisotopic (exact) mass is 248 g/mol. The number of aromatic hydroxyl groups is 1. The number of nitrogens with zero attached hydrogens (tertiary/aromatic N) is 1. The lowest BCUT2D eigenvalue weighted by molar-refractivity contribution is 0.380. The van der Waals surface area contributed by atoms with Crippen molar-refractivity contribution in [3.63, 3.8) is 0 Å². The van der Waals surface area contributed by atoms with E-state index in [0.717, 1.165) is 18.7 Å². The van der Waals surface area contributed by atoms with Gasteiger partial charge in [0, 0.05) is 18.2 Å². The molecule has 1 saturated heterocycles. The van der Waals surface area contributed by atoms with E-state index >= 15 is 0 Å². The summed E-state index contributed by atoms with van der Waals surface area (Å²) in [4.78, 5) is 2.10. The molecule has 1 aromatic carbocycles. The number of rotatable bonds is 3. The predicted molar refractivity (Wildman–Crippen MR) is 74.8 cm³/mol. The second-order valence-corrected chi connectivity index (χ2v) is 5.52. The van der Waals surface area contributed by atoms with Gasteiger partial charge in [-0.2, -0.15) is 0 Å². The summed E-state index contributed by atoms with van der Waals surface area (Å²) in [6, 6.07) is 4.38. The molecular weight excluding hydrogens is 224 g/mol. The van der Waals surface area contributed by atoms with Gasteiger partial charge in [0.1, 0.15) is 5.75 Å². The van der Waals surface area contributed by atoms with Crippen molar-refractivity contribution in [2.75, 3.05) is 20.6 Å². The molecule has 1 aromatic rings. The van der Waals surface area contributed by atoms with E-state index in [1.165, 1.54) is 30.4 Å². The second-order valence-electron chi connectivity index (χ2n) is 5.52. The van der Waals surface area contributed by atoms with E-state index in [-0.39, 0.29) is 0 Å². The molecular formula is C15H24N2O. The van der Waals surface area contributed by atoms with Crippen LogP contribution in [0.15, 0.2) is 12.1 Å². The molecule has 0 bridgehead atoms. The first kappa shape index (κ1) is 13.4. The molecule has 18 heavy (non-hydrogen) atoms. The smallest absolute Gasteiger partial charge is 0.120 e. The number of phenols is 1. The molecule has 3 heteroatoms. The highest BCUT2D eigenvalue weighted by Gasteiger charge is 2.19. The summed E-state index contributed by atoms with van der Waals surface area (Å²) in [7, 11) is 4.06. The van der Waals surface area contributed by atoms with Crippen LogP contribution in [0.5, 0.6) is 5.75 Å². The highest BCUT2D eigenvalue weighted by Crippen LogP contribution is 2.31. The highest BCUT2D eigenvalue weighted by molar-refractivity contribution is 5.45. The fourth-order valence-electron chi connectivity index (χ4n) is 2.77. The summed E-state index contributed by atoms with van der Waals surface area (Å²) in [6.45, 7) is 4.02. The van der Waals surface area contributed by atoms with E-state index in [4.69, 9.17) is 0 Å². The first-order valence-corrected chi connectivity index (χ1v) is 6.79. The molecule has 0 saturated carbocycles. The van der Waals surface area contributed by atoms with E-state index in [0.29, 0.717) is 11.8 Å². The number of hydrogen-bond acceptors (Lipinski definition) is 3. The normalized spacial score (nSPS) is 20.3. The maximum atomic E-state index is 10.0. The van der Waals surface area contributed by atoms with Gasteiger partial charge in [0.15, 0.2) is 0 Å². The molecule has 2 N–H and O–H groups in total. The number of nitrogens with one attached hydrogen (secondary N) is 1. The molecule has 0 amide bonds. The Morgan fingerprint density at radius 2 is 2.11 bits per heavy atom. The van der Waals surface area contributed by atoms with Gasteiger partial charge in [-0.25, -0.2) is 0 Å². The highest BCUT2D eigenvalue weighted by atomic mass is 16.3. The molecule has 100 valence electrons. The van der Waals surface area contributed by atoms with Crippen LogP contribution in [0.1, 0.15) is 42.0 Å². The number of benzene rings is 1. The molecule has 0 radical (unpaired) electrons. The van der Waals surface area contributed by atoms with Gasteiger partial charge in [-0.15, -0.1) is 0 Å². The van der Waals surface area contributed by atoms with Gasteiger partial charge in [-0.1, -0.05) is 12.5 Å². The lowest BCUT2D eigenvalue weighted by atomic mass is 9.91. The Labute approximate surface area is 110 Å². The third-order valence-corrected chi connectivity index (χ3v) is 3.78. The summed E-state index contributed by atoms with van der Waals surface area (Å²) in [5.41, 5.74) is 3.65. The van der Waals surface area contributed by atoms with Crippen LogP contribution >= 0.6 is 0 Å². The minimum absolute atomic E-state index is 0.417.